The van der Waals surface area contributed by atoms with Gasteiger partial charge < -0.3 is 9.64 Å². The lowest BCUT2D eigenvalue weighted by Gasteiger charge is -2.24. The molecule has 0 aliphatic rings. The number of carbonyl (C=O) groups excluding carboxylic acids is 2. The first-order chi connectivity index (χ1) is 9.13. The lowest BCUT2D eigenvalue weighted by molar-refractivity contribution is -0.154. The fraction of sp³-hybridized carbons (Fsp3) is 0.467. The number of hydrogen-bond acceptors (Lipinski definition) is 3. The van der Waals surface area contributed by atoms with Crippen LogP contribution in [0.5, 0.6) is 0 Å². The molecule has 1 aromatic carbocycles. The Balaban J connectivity index is 2.78. The van der Waals surface area contributed by atoms with E-state index in [9.17, 15) is 9.59 Å². The van der Waals surface area contributed by atoms with Crippen molar-refractivity contribution in [2.75, 3.05) is 13.7 Å². The molecule has 19 heavy (non-hydrogen) atoms. The van der Waals surface area contributed by atoms with E-state index in [1.807, 2.05) is 44.2 Å². The predicted octanol–water partition coefficient (Wildman–Crippen LogP) is 2.23. The number of nitrogens with zero attached hydrogens (tertiary/aromatic N) is 1. The third-order valence-electron chi connectivity index (χ3n) is 3.10. The molecule has 0 aromatic heterocycles. The number of ether oxygens (including phenoxy) is 1. The Morgan fingerprint density at radius 2 is 1.84 bits per heavy atom. The van der Waals surface area contributed by atoms with Gasteiger partial charge in [0.2, 0.25) is 5.91 Å². The van der Waals surface area contributed by atoms with Crippen LogP contribution in [0.3, 0.4) is 0 Å². The molecule has 0 fully saturated rings. The highest BCUT2D eigenvalue weighted by Gasteiger charge is 2.29. The number of benzene rings is 1. The number of esters is 1. The molecule has 1 unspecified atom stereocenters. The van der Waals surface area contributed by atoms with Gasteiger partial charge in [0.15, 0.2) is 0 Å². The van der Waals surface area contributed by atoms with Gasteiger partial charge in [-0.05, 0) is 18.9 Å². The number of rotatable bonds is 6. The second-order valence-corrected chi connectivity index (χ2v) is 4.32. The van der Waals surface area contributed by atoms with Gasteiger partial charge in [-0.3, -0.25) is 9.59 Å². The van der Waals surface area contributed by atoms with Gasteiger partial charge in [-0.15, -0.1) is 0 Å². The van der Waals surface area contributed by atoms with Gasteiger partial charge in [-0.2, -0.15) is 0 Å². The van der Waals surface area contributed by atoms with E-state index in [-0.39, 0.29) is 5.91 Å². The number of methoxy groups -OCH3 is 1. The summed E-state index contributed by atoms with van der Waals surface area (Å²) in [6.07, 6.45) is 0.455. The van der Waals surface area contributed by atoms with Crippen LogP contribution < -0.4 is 0 Å². The molecule has 0 radical (unpaired) electrons. The van der Waals surface area contributed by atoms with Crippen molar-refractivity contribution in [1.82, 2.24) is 4.90 Å². The highest BCUT2D eigenvalue weighted by atomic mass is 16.5. The summed E-state index contributed by atoms with van der Waals surface area (Å²) < 4.78 is 4.68. The zero-order chi connectivity index (χ0) is 14.3. The molecule has 4 heteroatoms. The molecule has 0 heterocycles. The first-order valence-electron chi connectivity index (χ1n) is 6.54. The zero-order valence-corrected chi connectivity index (χ0v) is 11.8. The van der Waals surface area contributed by atoms with E-state index in [2.05, 4.69) is 4.74 Å². The van der Waals surface area contributed by atoms with E-state index in [0.717, 1.165) is 5.56 Å². The summed E-state index contributed by atoms with van der Waals surface area (Å²) in [5.41, 5.74) is 1.05. The van der Waals surface area contributed by atoms with Crippen molar-refractivity contribution in [2.45, 2.75) is 26.8 Å². The smallest absolute Gasteiger partial charge is 0.318 e. The van der Waals surface area contributed by atoms with Crippen LogP contribution in [-0.4, -0.2) is 30.4 Å². The van der Waals surface area contributed by atoms with Crippen molar-refractivity contribution >= 4 is 11.9 Å². The minimum Gasteiger partial charge on any atom is -0.468 e. The minimum absolute atomic E-state index is 0.166. The van der Waals surface area contributed by atoms with Gasteiger partial charge in [-0.25, -0.2) is 0 Å². The van der Waals surface area contributed by atoms with Crippen LogP contribution in [0, 0.1) is 5.92 Å². The van der Waals surface area contributed by atoms with E-state index < -0.39 is 11.9 Å². The summed E-state index contributed by atoms with van der Waals surface area (Å²) in [7, 11) is 1.31. The molecule has 0 aliphatic carbocycles. The summed E-state index contributed by atoms with van der Waals surface area (Å²) in [5, 5.41) is 0. The maximum absolute atomic E-state index is 12.3. The molecular formula is C15H21NO3. The third kappa shape index (κ3) is 4.09. The van der Waals surface area contributed by atoms with E-state index in [1.165, 1.54) is 7.11 Å². The molecule has 0 spiro atoms. The first kappa shape index (κ1) is 15.2. The lowest BCUT2D eigenvalue weighted by atomic mass is 10.0. The molecule has 104 valence electrons. The lowest BCUT2D eigenvalue weighted by Crippen LogP contribution is -2.39. The van der Waals surface area contributed by atoms with Crippen molar-refractivity contribution in [3.05, 3.63) is 35.9 Å². The van der Waals surface area contributed by atoms with Gasteiger partial charge >= 0.3 is 5.97 Å². The van der Waals surface area contributed by atoms with Crippen LogP contribution in [0.15, 0.2) is 30.3 Å². The van der Waals surface area contributed by atoms with E-state index in [1.54, 1.807) is 4.90 Å². The Labute approximate surface area is 114 Å². The van der Waals surface area contributed by atoms with Crippen LogP contribution in [0.4, 0.5) is 0 Å². The van der Waals surface area contributed by atoms with Gasteiger partial charge in [-0.1, -0.05) is 37.3 Å². The Morgan fingerprint density at radius 3 is 2.32 bits per heavy atom. The summed E-state index contributed by atoms with van der Waals surface area (Å²) in [6.45, 7) is 4.81. The molecule has 0 bridgehead atoms. The fourth-order valence-electron chi connectivity index (χ4n) is 1.95. The number of hydrogen-bond donors (Lipinski definition) is 0. The fourth-order valence-corrected chi connectivity index (χ4v) is 1.95. The van der Waals surface area contributed by atoms with Crippen molar-refractivity contribution < 1.29 is 14.3 Å². The van der Waals surface area contributed by atoms with Crippen LogP contribution in [0.1, 0.15) is 25.8 Å². The van der Waals surface area contributed by atoms with Crippen LogP contribution in [0.25, 0.3) is 0 Å². The van der Waals surface area contributed by atoms with Crippen LogP contribution >= 0.6 is 0 Å². The maximum Gasteiger partial charge on any atom is 0.318 e. The topological polar surface area (TPSA) is 46.6 Å². The Morgan fingerprint density at radius 1 is 1.21 bits per heavy atom. The summed E-state index contributed by atoms with van der Waals surface area (Å²) >= 11 is 0. The molecule has 1 amide bonds. The normalized spacial score (nSPS) is 11.7. The molecule has 4 nitrogen and oxygen atoms in total. The van der Waals surface area contributed by atoms with Crippen LogP contribution in [-0.2, 0) is 20.9 Å². The Kier molecular flexibility index (Phi) is 6.06. The molecule has 0 aliphatic heterocycles. The van der Waals surface area contributed by atoms with Crippen LogP contribution in [0.2, 0.25) is 0 Å². The molecule has 0 N–H and O–H groups in total. The zero-order valence-electron chi connectivity index (χ0n) is 11.8. The predicted molar refractivity (Wildman–Crippen MR) is 73.3 cm³/mol. The summed E-state index contributed by atoms with van der Waals surface area (Å²) in [4.78, 5) is 25.6. The average Bonchev–Trinajstić information content (AvgIpc) is 2.46. The van der Waals surface area contributed by atoms with Crippen molar-refractivity contribution in [3.8, 4) is 0 Å². The largest absolute Gasteiger partial charge is 0.468 e. The second kappa shape index (κ2) is 7.56. The number of carbonyl (C=O) groups is 2. The standard InChI is InChI=1S/C15H21NO3/c1-4-13(15(18)19-3)14(17)16(5-2)11-12-9-7-6-8-10-12/h6-10,13H,4-5,11H2,1-3H3. The highest BCUT2D eigenvalue weighted by molar-refractivity contribution is 5.97. The van der Waals surface area contributed by atoms with Crippen molar-refractivity contribution in [3.63, 3.8) is 0 Å². The summed E-state index contributed by atoms with van der Waals surface area (Å²) in [6, 6.07) is 9.74. The summed E-state index contributed by atoms with van der Waals surface area (Å²) in [5.74, 6) is -1.33. The monoisotopic (exact) mass is 263 g/mol. The third-order valence-corrected chi connectivity index (χ3v) is 3.10. The van der Waals surface area contributed by atoms with Crippen molar-refractivity contribution in [2.24, 2.45) is 5.92 Å². The van der Waals surface area contributed by atoms with E-state index in [4.69, 9.17) is 0 Å². The molecule has 0 saturated carbocycles. The molecule has 1 aromatic rings. The number of amides is 1. The van der Waals surface area contributed by atoms with Gasteiger partial charge in [0.1, 0.15) is 5.92 Å². The quantitative estimate of drug-likeness (QED) is 0.584. The maximum atomic E-state index is 12.3. The first-order valence-corrected chi connectivity index (χ1v) is 6.54. The van der Waals surface area contributed by atoms with Gasteiger partial charge in [0.25, 0.3) is 0 Å². The van der Waals surface area contributed by atoms with Gasteiger partial charge in [0, 0.05) is 13.1 Å². The molecule has 1 atom stereocenters. The van der Waals surface area contributed by atoms with Gasteiger partial charge in [0.05, 0.1) is 7.11 Å². The van der Waals surface area contributed by atoms with E-state index >= 15 is 0 Å². The van der Waals surface area contributed by atoms with E-state index in [0.29, 0.717) is 19.5 Å². The van der Waals surface area contributed by atoms with Crippen molar-refractivity contribution in [1.29, 1.82) is 0 Å². The Bertz CT molecular complexity index is 417. The highest BCUT2D eigenvalue weighted by Crippen LogP contribution is 2.13. The molecular weight excluding hydrogens is 242 g/mol. The Hall–Kier alpha value is -1.84. The molecule has 1 rings (SSSR count). The minimum atomic E-state index is -0.700. The average molecular weight is 263 g/mol. The molecule has 0 saturated heterocycles. The second-order valence-electron chi connectivity index (χ2n) is 4.32. The SMILES string of the molecule is CCC(C(=O)OC)C(=O)N(CC)Cc1ccccc1.